The van der Waals surface area contributed by atoms with Gasteiger partial charge in [0.05, 0.1) is 11.1 Å². The molecule has 2 aromatic rings. The van der Waals surface area contributed by atoms with Crippen LogP contribution in [0.4, 0.5) is 0 Å². The molecule has 0 aromatic heterocycles. The fourth-order valence-corrected chi connectivity index (χ4v) is 2.21. The minimum atomic E-state index is -0.534. The number of hydrogen-bond donors (Lipinski definition) is 1. The Morgan fingerprint density at radius 3 is 2.21 bits per heavy atom. The smallest absolute Gasteiger partial charge is 0.146 e. The van der Waals surface area contributed by atoms with Crippen LogP contribution in [0.5, 0.6) is 11.5 Å². The molecule has 100 valence electrons. The van der Waals surface area contributed by atoms with Crippen LogP contribution < -0.4 is 4.74 Å². The third-order valence-electron chi connectivity index (χ3n) is 2.86. The molecule has 2 nitrogen and oxygen atoms in total. The van der Waals surface area contributed by atoms with Crippen LogP contribution in [-0.2, 0) is 0 Å². The van der Waals surface area contributed by atoms with Crippen molar-refractivity contribution in [3.8, 4) is 11.5 Å². The summed E-state index contributed by atoms with van der Waals surface area (Å²) in [7, 11) is 0. The van der Waals surface area contributed by atoms with Gasteiger partial charge in [0, 0.05) is 0 Å². The molecule has 0 aliphatic rings. The maximum absolute atomic E-state index is 9.50. The van der Waals surface area contributed by atoms with E-state index in [0.717, 1.165) is 22.4 Å². The Morgan fingerprint density at radius 2 is 1.68 bits per heavy atom. The van der Waals surface area contributed by atoms with Crippen LogP contribution in [0.1, 0.15) is 29.7 Å². The lowest BCUT2D eigenvalue weighted by molar-refractivity contribution is 0.199. The maximum atomic E-state index is 9.50. The highest BCUT2D eigenvalue weighted by molar-refractivity contribution is 6.32. The van der Waals surface area contributed by atoms with Gasteiger partial charge < -0.3 is 9.84 Å². The molecule has 0 spiro atoms. The number of benzene rings is 2. The van der Waals surface area contributed by atoms with Gasteiger partial charge in [-0.1, -0.05) is 23.7 Å². The lowest BCUT2D eigenvalue weighted by atomic mass is 10.1. The Hall–Kier alpha value is -1.51. The SMILES string of the molecule is Cc1cc(C)cc(Oc2ccc([C@@H](C)O)cc2Cl)c1. The Bertz CT molecular complexity index is 571. The van der Waals surface area contributed by atoms with Crippen LogP contribution in [-0.4, -0.2) is 5.11 Å². The highest BCUT2D eigenvalue weighted by atomic mass is 35.5. The largest absolute Gasteiger partial charge is 0.456 e. The number of hydrogen-bond acceptors (Lipinski definition) is 2. The van der Waals surface area contributed by atoms with Crippen LogP contribution in [0.2, 0.25) is 5.02 Å². The second-order valence-corrected chi connectivity index (χ2v) is 5.20. The number of aliphatic hydroxyl groups excluding tert-OH is 1. The van der Waals surface area contributed by atoms with Crippen LogP contribution >= 0.6 is 11.6 Å². The molecule has 0 aliphatic carbocycles. The molecule has 0 heterocycles. The Kier molecular flexibility index (Phi) is 4.13. The predicted octanol–water partition coefficient (Wildman–Crippen LogP) is 4.80. The summed E-state index contributed by atoms with van der Waals surface area (Å²) >= 11 is 6.17. The van der Waals surface area contributed by atoms with E-state index in [-0.39, 0.29) is 0 Å². The van der Waals surface area contributed by atoms with Crippen molar-refractivity contribution < 1.29 is 9.84 Å². The van der Waals surface area contributed by atoms with E-state index in [1.807, 2.05) is 32.0 Å². The molecule has 0 bridgehead atoms. The Balaban J connectivity index is 2.28. The van der Waals surface area contributed by atoms with Gasteiger partial charge in [0.25, 0.3) is 0 Å². The molecule has 0 saturated carbocycles. The van der Waals surface area contributed by atoms with Gasteiger partial charge in [0.15, 0.2) is 0 Å². The lowest BCUT2D eigenvalue weighted by Crippen LogP contribution is -1.92. The quantitative estimate of drug-likeness (QED) is 0.872. The molecule has 0 fully saturated rings. The number of aryl methyl sites for hydroxylation is 2. The van der Waals surface area contributed by atoms with Crippen LogP contribution in [0.25, 0.3) is 0 Å². The van der Waals surface area contributed by atoms with Gasteiger partial charge in [0.2, 0.25) is 0 Å². The molecule has 0 amide bonds. The highest BCUT2D eigenvalue weighted by Gasteiger charge is 2.08. The topological polar surface area (TPSA) is 29.5 Å². The standard InChI is InChI=1S/C16H17ClO2/c1-10-6-11(2)8-14(7-10)19-16-5-4-13(12(3)18)9-15(16)17/h4-9,12,18H,1-3H3/t12-/m1/s1. The summed E-state index contributed by atoms with van der Waals surface area (Å²) in [6, 6.07) is 11.3. The first-order valence-corrected chi connectivity index (χ1v) is 6.57. The normalized spacial score (nSPS) is 12.3. The zero-order valence-electron chi connectivity index (χ0n) is 11.3. The van der Waals surface area contributed by atoms with Gasteiger partial charge >= 0.3 is 0 Å². The van der Waals surface area contributed by atoms with Crippen LogP contribution in [0.3, 0.4) is 0 Å². The van der Waals surface area contributed by atoms with Crippen LogP contribution in [0, 0.1) is 13.8 Å². The van der Waals surface area contributed by atoms with Gasteiger partial charge in [0.1, 0.15) is 11.5 Å². The van der Waals surface area contributed by atoms with E-state index in [4.69, 9.17) is 16.3 Å². The van der Waals surface area contributed by atoms with Crippen molar-refractivity contribution in [2.75, 3.05) is 0 Å². The van der Waals surface area contributed by atoms with Gasteiger partial charge in [-0.05, 0) is 61.7 Å². The molecule has 0 radical (unpaired) electrons. The first-order valence-electron chi connectivity index (χ1n) is 6.19. The zero-order chi connectivity index (χ0) is 14.0. The molecule has 0 aliphatic heterocycles. The van der Waals surface area contributed by atoms with Gasteiger partial charge in [-0.2, -0.15) is 0 Å². The monoisotopic (exact) mass is 276 g/mol. The summed E-state index contributed by atoms with van der Waals surface area (Å²) in [6.07, 6.45) is -0.534. The molecular formula is C16H17ClO2. The Morgan fingerprint density at radius 1 is 1.05 bits per heavy atom. The van der Waals surface area contributed by atoms with Crippen molar-refractivity contribution in [2.24, 2.45) is 0 Å². The molecule has 0 saturated heterocycles. The summed E-state index contributed by atoms with van der Waals surface area (Å²) in [6.45, 7) is 5.76. The van der Waals surface area contributed by atoms with E-state index in [0.29, 0.717) is 10.8 Å². The van der Waals surface area contributed by atoms with E-state index in [2.05, 4.69) is 6.07 Å². The second-order valence-electron chi connectivity index (χ2n) is 4.79. The fourth-order valence-electron chi connectivity index (χ4n) is 1.98. The molecule has 1 N–H and O–H groups in total. The minimum Gasteiger partial charge on any atom is -0.456 e. The number of aliphatic hydroxyl groups is 1. The third-order valence-corrected chi connectivity index (χ3v) is 3.16. The molecule has 3 heteroatoms. The highest BCUT2D eigenvalue weighted by Crippen LogP contribution is 2.32. The van der Waals surface area contributed by atoms with Crippen molar-refractivity contribution in [3.63, 3.8) is 0 Å². The summed E-state index contributed by atoms with van der Waals surface area (Å²) < 4.78 is 5.79. The summed E-state index contributed by atoms with van der Waals surface area (Å²) in [4.78, 5) is 0. The van der Waals surface area contributed by atoms with Crippen molar-refractivity contribution >= 4 is 11.6 Å². The molecular weight excluding hydrogens is 260 g/mol. The lowest BCUT2D eigenvalue weighted by Gasteiger charge is -2.11. The summed E-state index contributed by atoms with van der Waals surface area (Å²) in [5.74, 6) is 1.36. The van der Waals surface area contributed by atoms with E-state index in [1.165, 1.54) is 0 Å². The molecule has 0 unspecified atom stereocenters. The van der Waals surface area contributed by atoms with Gasteiger partial charge in [-0.15, -0.1) is 0 Å². The first kappa shape index (κ1) is 13.9. The Labute approximate surface area is 118 Å². The second kappa shape index (κ2) is 5.64. The third kappa shape index (κ3) is 3.49. The van der Waals surface area contributed by atoms with E-state index < -0.39 is 6.10 Å². The first-order chi connectivity index (χ1) is 8.95. The fraction of sp³-hybridized carbons (Fsp3) is 0.250. The molecule has 19 heavy (non-hydrogen) atoms. The minimum absolute atomic E-state index is 0.498. The predicted molar refractivity (Wildman–Crippen MR) is 78.1 cm³/mol. The van der Waals surface area contributed by atoms with Crippen molar-refractivity contribution in [3.05, 3.63) is 58.1 Å². The number of rotatable bonds is 3. The van der Waals surface area contributed by atoms with Gasteiger partial charge in [-0.3, -0.25) is 0 Å². The summed E-state index contributed by atoms with van der Waals surface area (Å²) in [5, 5.41) is 10.00. The summed E-state index contributed by atoms with van der Waals surface area (Å²) in [5.41, 5.74) is 3.07. The van der Waals surface area contributed by atoms with Crippen molar-refractivity contribution in [2.45, 2.75) is 26.9 Å². The van der Waals surface area contributed by atoms with E-state index in [1.54, 1.807) is 19.1 Å². The molecule has 2 aromatic carbocycles. The van der Waals surface area contributed by atoms with E-state index in [9.17, 15) is 5.11 Å². The average Bonchev–Trinajstić information content (AvgIpc) is 2.30. The van der Waals surface area contributed by atoms with Gasteiger partial charge in [-0.25, -0.2) is 0 Å². The molecule has 2 rings (SSSR count). The van der Waals surface area contributed by atoms with Crippen LogP contribution in [0.15, 0.2) is 36.4 Å². The molecule has 1 atom stereocenters. The maximum Gasteiger partial charge on any atom is 0.146 e. The van der Waals surface area contributed by atoms with Crippen molar-refractivity contribution in [1.29, 1.82) is 0 Å². The number of halogens is 1. The average molecular weight is 277 g/mol. The zero-order valence-corrected chi connectivity index (χ0v) is 12.0. The van der Waals surface area contributed by atoms with E-state index >= 15 is 0 Å². The number of ether oxygens (including phenoxy) is 1. The van der Waals surface area contributed by atoms with Crippen molar-refractivity contribution in [1.82, 2.24) is 0 Å².